The molecule has 1 aromatic rings. The summed E-state index contributed by atoms with van der Waals surface area (Å²) in [5.74, 6) is -0.279. The highest BCUT2D eigenvalue weighted by molar-refractivity contribution is 5.50. The lowest BCUT2D eigenvalue weighted by molar-refractivity contribution is 0.164. The first-order valence-corrected chi connectivity index (χ1v) is 4.12. The quantitative estimate of drug-likeness (QED) is 0.432. The molecule has 0 amide bonds. The number of hydrogen-bond donors (Lipinski definition) is 4. The van der Waals surface area contributed by atoms with Crippen molar-refractivity contribution in [1.82, 2.24) is 5.32 Å². The van der Waals surface area contributed by atoms with Crippen molar-refractivity contribution in [3.8, 4) is 11.5 Å². The highest BCUT2D eigenvalue weighted by Gasteiger charge is 2.21. The van der Waals surface area contributed by atoms with Crippen LogP contribution in [-0.2, 0) is 6.54 Å². The first kappa shape index (κ1) is 8.34. The van der Waals surface area contributed by atoms with Crippen LogP contribution in [0.25, 0.3) is 0 Å². The lowest BCUT2D eigenvalue weighted by atomic mass is 9.97. The second-order valence-corrected chi connectivity index (χ2v) is 3.15. The van der Waals surface area contributed by atoms with Gasteiger partial charge in [-0.25, -0.2) is 0 Å². The molecule has 0 fully saturated rings. The van der Waals surface area contributed by atoms with Crippen molar-refractivity contribution >= 4 is 0 Å². The molecule has 1 aliphatic heterocycles. The molecule has 0 aromatic heterocycles. The van der Waals surface area contributed by atoms with E-state index < -0.39 is 6.10 Å². The van der Waals surface area contributed by atoms with Crippen molar-refractivity contribution in [2.75, 3.05) is 6.54 Å². The van der Waals surface area contributed by atoms with Crippen LogP contribution < -0.4 is 5.32 Å². The van der Waals surface area contributed by atoms with Gasteiger partial charge in [-0.1, -0.05) is 6.07 Å². The number of aliphatic hydroxyl groups is 1. The maximum atomic E-state index is 9.52. The highest BCUT2D eigenvalue weighted by Crippen LogP contribution is 2.35. The summed E-state index contributed by atoms with van der Waals surface area (Å²) >= 11 is 0. The number of phenolic OH excluding ortho intramolecular Hbond substituents is 2. The molecule has 13 heavy (non-hydrogen) atoms. The van der Waals surface area contributed by atoms with Crippen LogP contribution >= 0.6 is 0 Å². The molecule has 70 valence electrons. The third-order valence-corrected chi connectivity index (χ3v) is 2.30. The third kappa shape index (κ3) is 1.24. The minimum absolute atomic E-state index is 0.135. The Bertz CT molecular complexity index is 338. The lowest BCUT2D eigenvalue weighted by Crippen LogP contribution is -2.27. The predicted molar refractivity (Wildman–Crippen MR) is 46.4 cm³/mol. The zero-order chi connectivity index (χ0) is 9.42. The standard InChI is InChI=1S/C9H11NO3/c11-7-2-1-5-6(9(7)13)3-10-4-8(5)12/h1-2,8,10-13H,3-4H2. The van der Waals surface area contributed by atoms with E-state index in [9.17, 15) is 15.3 Å². The van der Waals surface area contributed by atoms with Crippen molar-refractivity contribution < 1.29 is 15.3 Å². The molecule has 1 atom stereocenters. The molecule has 0 saturated heterocycles. The van der Waals surface area contributed by atoms with E-state index >= 15 is 0 Å². The van der Waals surface area contributed by atoms with Gasteiger partial charge in [0.25, 0.3) is 0 Å². The van der Waals surface area contributed by atoms with Crippen LogP contribution in [0.4, 0.5) is 0 Å². The average molecular weight is 181 g/mol. The van der Waals surface area contributed by atoms with Crippen LogP contribution in [0, 0.1) is 0 Å². The summed E-state index contributed by atoms with van der Waals surface area (Å²) in [6.07, 6.45) is -0.602. The van der Waals surface area contributed by atoms with Gasteiger partial charge in [0, 0.05) is 18.7 Å². The Balaban J connectivity index is 2.56. The highest BCUT2D eigenvalue weighted by atomic mass is 16.3. The van der Waals surface area contributed by atoms with E-state index in [2.05, 4.69) is 5.32 Å². The summed E-state index contributed by atoms with van der Waals surface area (Å²) in [5, 5.41) is 31.1. The van der Waals surface area contributed by atoms with Crippen LogP contribution in [0.5, 0.6) is 11.5 Å². The Kier molecular flexibility index (Phi) is 1.86. The van der Waals surface area contributed by atoms with Crippen LogP contribution in [0.1, 0.15) is 17.2 Å². The minimum atomic E-state index is -0.602. The maximum absolute atomic E-state index is 9.52. The molecule has 4 N–H and O–H groups in total. The van der Waals surface area contributed by atoms with E-state index in [4.69, 9.17) is 0 Å². The van der Waals surface area contributed by atoms with Gasteiger partial charge < -0.3 is 20.6 Å². The van der Waals surface area contributed by atoms with E-state index in [1.807, 2.05) is 0 Å². The Morgan fingerprint density at radius 1 is 1.31 bits per heavy atom. The van der Waals surface area contributed by atoms with Crippen LogP contribution in [0.15, 0.2) is 12.1 Å². The van der Waals surface area contributed by atoms with Gasteiger partial charge in [0.05, 0.1) is 6.10 Å². The molecule has 1 aromatic carbocycles. The van der Waals surface area contributed by atoms with Crippen molar-refractivity contribution in [3.63, 3.8) is 0 Å². The molecule has 1 unspecified atom stereocenters. The normalized spacial score (nSPS) is 21.2. The summed E-state index contributed by atoms with van der Waals surface area (Å²) in [4.78, 5) is 0. The van der Waals surface area contributed by atoms with E-state index in [1.165, 1.54) is 6.07 Å². The minimum Gasteiger partial charge on any atom is -0.504 e. The number of rotatable bonds is 0. The molecule has 0 bridgehead atoms. The van der Waals surface area contributed by atoms with E-state index in [-0.39, 0.29) is 11.5 Å². The average Bonchev–Trinajstić information content (AvgIpc) is 2.12. The maximum Gasteiger partial charge on any atom is 0.162 e. The van der Waals surface area contributed by atoms with Gasteiger partial charge in [-0.15, -0.1) is 0 Å². The second-order valence-electron chi connectivity index (χ2n) is 3.15. The fourth-order valence-electron chi connectivity index (χ4n) is 1.58. The van der Waals surface area contributed by atoms with E-state index in [0.717, 1.165) is 0 Å². The second kappa shape index (κ2) is 2.90. The largest absolute Gasteiger partial charge is 0.504 e. The molecular weight excluding hydrogens is 170 g/mol. The molecule has 4 nitrogen and oxygen atoms in total. The summed E-state index contributed by atoms with van der Waals surface area (Å²) in [7, 11) is 0. The molecule has 4 heteroatoms. The number of aliphatic hydroxyl groups excluding tert-OH is 1. The molecule has 0 spiro atoms. The molecular formula is C9H11NO3. The SMILES string of the molecule is Oc1ccc2c(c1O)CNCC2O. The van der Waals surface area contributed by atoms with Gasteiger partial charge in [-0.05, 0) is 11.6 Å². The van der Waals surface area contributed by atoms with Gasteiger partial charge in [-0.3, -0.25) is 0 Å². The van der Waals surface area contributed by atoms with Crippen LogP contribution in [0.2, 0.25) is 0 Å². The monoisotopic (exact) mass is 181 g/mol. The molecule has 0 aliphatic carbocycles. The zero-order valence-corrected chi connectivity index (χ0v) is 6.99. The predicted octanol–water partition coefficient (Wildman–Crippen LogP) is 0.234. The van der Waals surface area contributed by atoms with Crippen molar-refractivity contribution in [2.24, 2.45) is 0 Å². The fraction of sp³-hybridized carbons (Fsp3) is 0.333. The number of phenols is 2. The third-order valence-electron chi connectivity index (χ3n) is 2.30. The molecule has 0 saturated carbocycles. The van der Waals surface area contributed by atoms with Crippen molar-refractivity contribution in [2.45, 2.75) is 12.6 Å². The summed E-state index contributed by atoms with van der Waals surface area (Å²) in [6, 6.07) is 3.03. The number of fused-ring (bicyclic) bond motifs is 1. The van der Waals surface area contributed by atoms with Gasteiger partial charge in [0.2, 0.25) is 0 Å². The number of nitrogens with one attached hydrogen (secondary N) is 1. The molecule has 1 aliphatic rings. The smallest absolute Gasteiger partial charge is 0.162 e. The molecule has 2 rings (SSSR count). The van der Waals surface area contributed by atoms with E-state index in [0.29, 0.717) is 24.2 Å². The lowest BCUT2D eigenvalue weighted by Gasteiger charge is -2.23. The van der Waals surface area contributed by atoms with E-state index in [1.54, 1.807) is 6.07 Å². The van der Waals surface area contributed by atoms with Crippen molar-refractivity contribution in [1.29, 1.82) is 0 Å². The van der Waals surface area contributed by atoms with Gasteiger partial charge in [0.1, 0.15) is 0 Å². The Hall–Kier alpha value is -1.26. The summed E-state index contributed by atoms with van der Waals surface area (Å²) in [5.41, 5.74) is 1.27. The Morgan fingerprint density at radius 2 is 2.08 bits per heavy atom. The molecule has 0 radical (unpaired) electrons. The number of aromatic hydroxyl groups is 2. The first-order valence-electron chi connectivity index (χ1n) is 4.12. The fourth-order valence-corrected chi connectivity index (χ4v) is 1.58. The van der Waals surface area contributed by atoms with Gasteiger partial charge in [0.15, 0.2) is 11.5 Å². The number of benzene rings is 1. The molecule has 1 heterocycles. The van der Waals surface area contributed by atoms with Crippen LogP contribution in [-0.4, -0.2) is 21.9 Å². The van der Waals surface area contributed by atoms with Gasteiger partial charge in [-0.2, -0.15) is 0 Å². The Labute approximate surface area is 75.5 Å². The Morgan fingerprint density at radius 3 is 2.85 bits per heavy atom. The number of β-amino-alcohol motifs (C(OH)–C–C–N with tert-alkyl or cyclic N) is 1. The van der Waals surface area contributed by atoms with Crippen molar-refractivity contribution in [3.05, 3.63) is 23.3 Å². The van der Waals surface area contributed by atoms with Crippen LogP contribution in [0.3, 0.4) is 0 Å². The summed E-state index contributed by atoms with van der Waals surface area (Å²) in [6.45, 7) is 0.962. The van der Waals surface area contributed by atoms with Gasteiger partial charge >= 0.3 is 0 Å². The number of hydrogen-bond acceptors (Lipinski definition) is 4. The zero-order valence-electron chi connectivity index (χ0n) is 6.99. The topological polar surface area (TPSA) is 72.7 Å². The summed E-state index contributed by atoms with van der Waals surface area (Å²) < 4.78 is 0. The first-order chi connectivity index (χ1) is 6.20.